The molecule has 0 radical (unpaired) electrons. The van der Waals surface area contributed by atoms with Crippen LogP contribution in [-0.2, 0) is 4.79 Å². The number of carbonyl (C=O) groups excluding carboxylic acids is 2. The fourth-order valence-electron chi connectivity index (χ4n) is 2.81. The van der Waals surface area contributed by atoms with Gasteiger partial charge in [-0.1, -0.05) is 15.9 Å². The highest BCUT2D eigenvalue weighted by molar-refractivity contribution is 9.10. The number of carboxylic acids is 2. The van der Waals surface area contributed by atoms with Crippen molar-refractivity contribution in [2.45, 2.75) is 4.90 Å². The summed E-state index contributed by atoms with van der Waals surface area (Å²) < 4.78 is 14.4. The lowest BCUT2D eigenvalue weighted by atomic mass is 10.0. The highest BCUT2D eigenvalue weighted by Gasteiger charge is 2.19. The molecule has 0 heterocycles. The normalized spacial score (nSPS) is 10.4. The SMILES string of the molecule is O=C(CSc1ccc(NC(=O)c2ccc(C(=O)O)cc2C(=O)O)cc1)Nc1ccc(Br)cc1F. The first-order valence-electron chi connectivity index (χ1n) is 9.54. The molecule has 0 saturated heterocycles. The van der Waals surface area contributed by atoms with Crippen LogP contribution in [0, 0.1) is 5.82 Å². The molecular weight excluding hydrogens is 531 g/mol. The Hall–Kier alpha value is -3.70. The molecule has 0 saturated carbocycles. The zero-order valence-corrected chi connectivity index (χ0v) is 19.6. The second-order valence-electron chi connectivity index (χ2n) is 6.81. The molecule has 8 nitrogen and oxygen atoms in total. The van der Waals surface area contributed by atoms with E-state index < -0.39 is 35.1 Å². The first-order chi connectivity index (χ1) is 16.1. The molecule has 0 aliphatic rings. The Labute approximate surface area is 205 Å². The van der Waals surface area contributed by atoms with Crippen LogP contribution >= 0.6 is 27.7 Å². The summed E-state index contributed by atoms with van der Waals surface area (Å²) in [7, 11) is 0. The van der Waals surface area contributed by atoms with E-state index in [9.17, 15) is 28.7 Å². The van der Waals surface area contributed by atoms with Crippen LogP contribution in [0.3, 0.4) is 0 Å². The quantitative estimate of drug-likeness (QED) is 0.293. The summed E-state index contributed by atoms with van der Waals surface area (Å²) >= 11 is 4.35. The Bertz CT molecular complexity index is 1280. The van der Waals surface area contributed by atoms with Crippen LogP contribution in [0.5, 0.6) is 0 Å². The molecule has 2 amide bonds. The van der Waals surface area contributed by atoms with Crippen LogP contribution in [0.4, 0.5) is 15.8 Å². The zero-order chi connectivity index (χ0) is 24.8. The van der Waals surface area contributed by atoms with Gasteiger partial charge in [0, 0.05) is 15.1 Å². The number of carbonyl (C=O) groups is 4. The minimum Gasteiger partial charge on any atom is -0.478 e. The number of benzene rings is 3. The molecule has 0 aromatic heterocycles. The van der Waals surface area contributed by atoms with Crippen molar-refractivity contribution in [3.8, 4) is 0 Å². The third kappa shape index (κ3) is 6.42. The molecule has 0 bridgehead atoms. The monoisotopic (exact) mass is 546 g/mol. The van der Waals surface area contributed by atoms with E-state index in [1.165, 1.54) is 23.9 Å². The number of rotatable bonds is 8. The van der Waals surface area contributed by atoms with Gasteiger partial charge in [-0.2, -0.15) is 0 Å². The van der Waals surface area contributed by atoms with Gasteiger partial charge in [0.15, 0.2) is 0 Å². The first-order valence-corrected chi connectivity index (χ1v) is 11.3. The number of anilines is 2. The average Bonchev–Trinajstić information content (AvgIpc) is 2.80. The summed E-state index contributed by atoms with van der Waals surface area (Å²) in [5.41, 5.74) is -0.425. The third-order valence-electron chi connectivity index (χ3n) is 4.43. The molecule has 3 rings (SSSR count). The van der Waals surface area contributed by atoms with Gasteiger partial charge >= 0.3 is 11.9 Å². The maximum atomic E-state index is 13.8. The standard InChI is InChI=1S/C23H16BrFN2O6S/c24-13-2-8-19(18(25)10-13)27-20(28)11-34-15-5-3-14(4-6-15)26-21(29)16-7-1-12(22(30)31)9-17(16)23(32)33/h1-10H,11H2,(H,26,29)(H,27,28)(H,30,31)(H,32,33). The third-order valence-corrected chi connectivity index (χ3v) is 5.93. The Morgan fingerprint density at radius 2 is 1.56 bits per heavy atom. The van der Waals surface area contributed by atoms with E-state index >= 15 is 0 Å². The minimum absolute atomic E-state index is 0.0269. The maximum absolute atomic E-state index is 13.8. The van der Waals surface area contributed by atoms with Crippen LogP contribution in [0.25, 0.3) is 0 Å². The molecule has 0 spiro atoms. The number of hydrogen-bond donors (Lipinski definition) is 4. The van der Waals surface area contributed by atoms with Gasteiger partial charge in [0.1, 0.15) is 5.82 Å². The second-order valence-corrected chi connectivity index (χ2v) is 8.77. The number of aromatic carboxylic acids is 2. The fraction of sp³-hybridized carbons (Fsp3) is 0.0435. The summed E-state index contributed by atoms with van der Waals surface area (Å²) in [6.07, 6.45) is 0. The van der Waals surface area contributed by atoms with Crippen LogP contribution in [0.2, 0.25) is 0 Å². The van der Waals surface area contributed by atoms with E-state index in [1.54, 1.807) is 30.3 Å². The highest BCUT2D eigenvalue weighted by Crippen LogP contribution is 2.23. The zero-order valence-electron chi connectivity index (χ0n) is 17.2. The summed E-state index contributed by atoms with van der Waals surface area (Å²) in [5.74, 6) is -4.38. The van der Waals surface area contributed by atoms with Crippen molar-refractivity contribution in [2.24, 2.45) is 0 Å². The Balaban J connectivity index is 1.60. The largest absolute Gasteiger partial charge is 0.478 e. The molecule has 3 aromatic carbocycles. The van der Waals surface area contributed by atoms with Gasteiger partial charge in [-0.05, 0) is 60.7 Å². The molecule has 11 heteroatoms. The lowest BCUT2D eigenvalue weighted by molar-refractivity contribution is -0.113. The van der Waals surface area contributed by atoms with Crippen molar-refractivity contribution in [3.05, 3.63) is 87.6 Å². The lowest BCUT2D eigenvalue weighted by Gasteiger charge is -2.10. The number of thioether (sulfide) groups is 1. The van der Waals surface area contributed by atoms with Gasteiger partial charge in [0.05, 0.1) is 28.1 Å². The Kier molecular flexibility index (Phi) is 8.03. The number of carboxylic acid groups (broad SMARTS) is 2. The summed E-state index contributed by atoms with van der Waals surface area (Å²) in [5, 5.41) is 23.4. The molecule has 34 heavy (non-hydrogen) atoms. The van der Waals surface area contributed by atoms with Gasteiger partial charge < -0.3 is 20.8 Å². The van der Waals surface area contributed by atoms with Crippen LogP contribution in [0.15, 0.2) is 70.0 Å². The Morgan fingerprint density at radius 1 is 0.853 bits per heavy atom. The molecule has 0 fully saturated rings. The van der Waals surface area contributed by atoms with Gasteiger partial charge in [-0.3, -0.25) is 9.59 Å². The highest BCUT2D eigenvalue weighted by atomic mass is 79.9. The molecule has 0 atom stereocenters. The van der Waals surface area contributed by atoms with E-state index in [1.807, 2.05) is 0 Å². The molecule has 4 N–H and O–H groups in total. The van der Waals surface area contributed by atoms with E-state index in [0.29, 0.717) is 15.1 Å². The fourth-order valence-corrected chi connectivity index (χ4v) is 3.84. The van der Waals surface area contributed by atoms with E-state index in [0.717, 1.165) is 18.2 Å². The minimum atomic E-state index is -1.43. The number of amides is 2. The first kappa shape index (κ1) is 24.9. The van der Waals surface area contributed by atoms with Crippen LogP contribution < -0.4 is 10.6 Å². The summed E-state index contributed by atoms with van der Waals surface area (Å²) in [6, 6.07) is 14.0. The van der Waals surface area contributed by atoms with Crippen LogP contribution in [0.1, 0.15) is 31.1 Å². The molecule has 0 unspecified atom stereocenters. The number of hydrogen-bond acceptors (Lipinski definition) is 5. The van der Waals surface area contributed by atoms with E-state index in [4.69, 9.17) is 5.11 Å². The van der Waals surface area contributed by atoms with Crippen molar-refractivity contribution in [3.63, 3.8) is 0 Å². The average molecular weight is 547 g/mol. The van der Waals surface area contributed by atoms with Gasteiger partial charge in [-0.25, -0.2) is 14.0 Å². The van der Waals surface area contributed by atoms with E-state index in [2.05, 4.69) is 26.6 Å². The van der Waals surface area contributed by atoms with Gasteiger partial charge in [-0.15, -0.1) is 11.8 Å². The van der Waals surface area contributed by atoms with Gasteiger partial charge in [0.25, 0.3) is 5.91 Å². The second kappa shape index (κ2) is 10.9. The van der Waals surface area contributed by atoms with Crippen molar-refractivity contribution < 1.29 is 33.8 Å². The summed E-state index contributed by atoms with van der Waals surface area (Å²) in [6.45, 7) is 0. The van der Waals surface area contributed by atoms with Crippen molar-refractivity contribution in [1.29, 1.82) is 0 Å². The van der Waals surface area contributed by atoms with Gasteiger partial charge in [0.2, 0.25) is 5.91 Å². The van der Waals surface area contributed by atoms with Crippen molar-refractivity contribution in [2.75, 3.05) is 16.4 Å². The molecule has 3 aromatic rings. The van der Waals surface area contributed by atoms with Crippen molar-refractivity contribution >= 4 is 62.8 Å². The summed E-state index contributed by atoms with van der Waals surface area (Å²) in [4.78, 5) is 47.8. The number of nitrogens with one attached hydrogen (secondary N) is 2. The van der Waals surface area contributed by atoms with E-state index in [-0.39, 0.29) is 22.6 Å². The smallest absolute Gasteiger partial charge is 0.336 e. The molecular formula is C23H16BrFN2O6S. The molecule has 0 aliphatic carbocycles. The van der Waals surface area contributed by atoms with Crippen molar-refractivity contribution in [1.82, 2.24) is 0 Å². The molecule has 174 valence electrons. The molecule has 0 aliphatic heterocycles. The number of halogens is 2. The maximum Gasteiger partial charge on any atom is 0.336 e. The lowest BCUT2D eigenvalue weighted by Crippen LogP contribution is -2.17. The predicted octanol–water partition coefficient (Wildman–Crippen LogP) is 4.97. The van der Waals surface area contributed by atoms with Crippen LogP contribution in [-0.4, -0.2) is 39.7 Å². The Morgan fingerprint density at radius 3 is 2.18 bits per heavy atom. The topological polar surface area (TPSA) is 133 Å². The predicted molar refractivity (Wildman–Crippen MR) is 128 cm³/mol.